The van der Waals surface area contributed by atoms with Crippen LogP contribution >= 0.6 is 0 Å². The van der Waals surface area contributed by atoms with E-state index in [0.29, 0.717) is 17.3 Å². The molecule has 4 aromatic rings. The molecule has 10 heteroatoms. The fourth-order valence-corrected chi connectivity index (χ4v) is 2.53. The highest BCUT2D eigenvalue weighted by Gasteiger charge is 2.16. The van der Waals surface area contributed by atoms with Crippen LogP contribution in [0.3, 0.4) is 0 Å². The zero-order chi connectivity index (χ0) is 22.3. The number of carbonyl (C=O) groups excluding carboxylic acids is 1. The van der Waals surface area contributed by atoms with Crippen LogP contribution in [0, 0.1) is 11.6 Å². The molecule has 0 spiro atoms. The molecule has 0 radical (unpaired) electrons. The highest BCUT2D eigenvalue weighted by Crippen LogP contribution is 2.16. The fourth-order valence-electron chi connectivity index (χ4n) is 2.53. The maximum Gasteiger partial charge on any atom is 0.374 e. The molecule has 2 aromatic carbocycles. The predicted octanol–water partition coefficient (Wildman–Crippen LogP) is 4.46. The Balaban J connectivity index is 1.23. The number of benzene rings is 2. The van der Waals surface area contributed by atoms with Crippen LogP contribution in [0.2, 0.25) is 0 Å². The minimum atomic E-state index is -0.722. The lowest BCUT2D eigenvalue weighted by Gasteiger charge is -2.03. The van der Waals surface area contributed by atoms with Crippen molar-refractivity contribution < 1.29 is 36.7 Å². The van der Waals surface area contributed by atoms with E-state index in [4.69, 9.17) is 23.2 Å². The van der Waals surface area contributed by atoms with Gasteiger partial charge in [-0.3, -0.25) is 0 Å². The highest BCUT2D eigenvalue weighted by atomic mass is 19.1. The second kappa shape index (κ2) is 9.73. The molecule has 0 N–H and O–H groups in total. The number of hydrogen-bond donors (Lipinski definition) is 0. The zero-order valence-electron chi connectivity index (χ0n) is 16.5. The fraction of sp³-hybridized carbons (Fsp3) is 0.136. The van der Waals surface area contributed by atoms with Gasteiger partial charge >= 0.3 is 5.97 Å². The normalized spacial score (nSPS) is 10.7. The number of esters is 1. The molecule has 0 bridgehead atoms. The van der Waals surface area contributed by atoms with E-state index in [1.54, 1.807) is 6.07 Å². The van der Waals surface area contributed by atoms with E-state index in [2.05, 4.69) is 10.1 Å². The Morgan fingerprint density at radius 2 is 1.44 bits per heavy atom. The molecule has 0 aliphatic carbocycles. The molecule has 0 aliphatic rings. The molecule has 0 fully saturated rings. The summed E-state index contributed by atoms with van der Waals surface area (Å²) in [7, 11) is 0. The van der Waals surface area contributed by atoms with Gasteiger partial charge in [-0.15, -0.1) is 0 Å². The van der Waals surface area contributed by atoms with Gasteiger partial charge in [-0.1, -0.05) is 5.16 Å². The lowest BCUT2D eigenvalue weighted by atomic mass is 10.3. The van der Waals surface area contributed by atoms with Crippen LogP contribution in [-0.4, -0.2) is 16.1 Å². The number of furan rings is 1. The molecule has 0 aliphatic heterocycles. The summed E-state index contributed by atoms with van der Waals surface area (Å²) >= 11 is 0. The van der Waals surface area contributed by atoms with Crippen LogP contribution in [0.4, 0.5) is 8.78 Å². The SMILES string of the molecule is O=C(OCc1nc(COc2ccc(F)cc2)no1)c1ccc(COc2ccc(F)cc2)o1. The van der Waals surface area contributed by atoms with Crippen molar-refractivity contribution in [2.24, 2.45) is 0 Å². The number of rotatable bonds is 9. The number of ether oxygens (including phenoxy) is 3. The third kappa shape index (κ3) is 5.69. The van der Waals surface area contributed by atoms with Crippen molar-refractivity contribution in [2.45, 2.75) is 19.8 Å². The van der Waals surface area contributed by atoms with Gasteiger partial charge in [-0.05, 0) is 60.7 Å². The maximum atomic E-state index is 12.9. The summed E-state index contributed by atoms with van der Waals surface area (Å²) < 4.78 is 52.2. The van der Waals surface area contributed by atoms with E-state index in [1.165, 1.54) is 54.6 Å². The first-order chi connectivity index (χ1) is 15.5. The van der Waals surface area contributed by atoms with E-state index in [0.717, 1.165) is 0 Å². The van der Waals surface area contributed by atoms with E-state index in [-0.39, 0.29) is 48.9 Å². The van der Waals surface area contributed by atoms with Crippen molar-refractivity contribution in [2.75, 3.05) is 0 Å². The molecule has 8 nitrogen and oxygen atoms in total. The monoisotopic (exact) mass is 442 g/mol. The van der Waals surface area contributed by atoms with Crippen LogP contribution in [-0.2, 0) is 24.6 Å². The van der Waals surface area contributed by atoms with Crippen molar-refractivity contribution in [3.8, 4) is 11.5 Å². The first-order valence-corrected chi connectivity index (χ1v) is 9.39. The van der Waals surface area contributed by atoms with Crippen molar-refractivity contribution in [1.29, 1.82) is 0 Å². The van der Waals surface area contributed by atoms with Crippen LogP contribution in [0.5, 0.6) is 11.5 Å². The van der Waals surface area contributed by atoms with Crippen molar-refractivity contribution in [1.82, 2.24) is 10.1 Å². The van der Waals surface area contributed by atoms with Gasteiger partial charge in [0.15, 0.2) is 13.2 Å². The lowest BCUT2D eigenvalue weighted by molar-refractivity contribution is 0.0390. The first kappa shape index (κ1) is 21.0. The second-order valence-electron chi connectivity index (χ2n) is 6.43. The summed E-state index contributed by atoms with van der Waals surface area (Å²) in [6.07, 6.45) is 0. The zero-order valence-corrected chi connectivity index (χ0v) is 16.5. The average molecular weight is 442 g/mol. The lowest BCUT2D eigenvalue weighted by Crippen LogP contribution is -2.04. The van der Waals surface area contributed by atoms with Crippen LogP contribution in [0.15, 0.2) is 69.6 Å². The van der Waals surface area contributed by atoms with Gasteiger partial charge in [0.05, 0.1) is 0 Å². The molecule has 0 unspecified atom stereocenters. The summed E-state index contributed by atoms with van der Waals surface area (Å²) in [4.78, 5) is 16.2. The van der Waals surface area contributed by atoms with Crippen LogP contribution in [0.25, 0.3) is 0 Å². The average Bonchev–Trinajstić information content (AvgIpc) is 3.46. The largest absolute Gasteiger partial charge is 0.486 e. The number of nitrogens with zero attached hydrogens (tertiary/aromatic N) is 2. The summed E-state index contributed by atoms with van der Waals surface area (Å²) in [5.74, 6) is 0.116. The molecule has 0 amide bonds. The van der Waals surface area contributed by atoms with E-state index < -0.39 is 5.97 Å². The minimum absolute atomic E-state index is 0.00131. The number of aromatic nitrogens is 2. The molecule has 0 saturated heterocycles. The Morgan fingerprint density at radius 1 is 0.812 bits per heavy atom. The molecule has 4 rings (SSSR count). The van der Waals surface area contributed by atoms with Crippen LogP contribution < -0.4 is 9.47 Å². The number of halogens is 2. The summed E-state index contributed by atoms with van der Waals surface area (Å²) in [5.41, 5.74) is 0. The number of carbonyl (C=O) groups is 1. The molecule has 32 heavy (non-hydrogen) atoms. The third-order valence-corrected chi connectivity index (χ3v) is 4.08. The maximum absolute atomic E-state index is 12.9. The molecule has 2 aromatic heterocycles. The third-order valence-electron chi connectivity index (χ3n) is 4.08. The standard InChI is InChI=1S/C22H16F2N2O6/c23-14-1-5-16(6-2-14)28-11-18-9-10-19(31-18)22(27)30-13-21-25-20(26-32-21)12-29-17-7-3-15(24)4-8-17/h1-10H,11-13H2. The molecule has 0 atom stereocenters. The minimum Gasteiger partial charge on any atom is -0.486 e. The summed E-state index contributed by atoms with van der Waals surface area (Å²) in [6, 6.07) is 14.0. The summed E-state index contributed by atoms with van der Waals surface area (Å²) in [5, 5.41) is 3.72. The number of hydrogen-bond acceptors (Lipinski definition) is 8. The quantitative estimate of drug-likeness (QED) is 0.351. The van der Waals surface area contributed by atoms with E-state index >= 15 is 0 Å². The van der Waals surface area contributed by atoms with Crippen molar-refractivity contribution >= 4 is 5.97 Å². The Labute approximate surface area is 180 Å². The predicted molar refractivity (Wildman–Crippen MR) is 104 cm³/mol. The highest BCUT2D eigenvalue weighted by molar-refractivity contribution is 5.86. The molecule has 2 heterocycles. The molecule has 0 saturated carbocycles. The van der Waals surface area contributed by atoms with E-state index in [9.17, 15) is 13.6 Å². The van der Waals surface area contributed by atoms with Gasteiger partial charge in [0.25, 0.3) is 5.89 Å². The van der Waals surface area contributed by atoms with Gasteiger partial charge in [0.2, 0.25) is 11.6 Å². The Bertz CT molecular complexity index is 1170. The van der Waals surface area contributed by atoms with Gasteiger partial charge in [-0.2, -0.15) is 4.98 Å². The van der Waals surface area contributed by atoms with Crippen LogP contribution in [0.1, 0.15) is 28.0 Å². The van der Waals surface area contributed by atoms with Gasteiger partial charge in [0, 0.05) is 0 Å². The second-order valence-corrected chi connectivity index (χ2v) is 6.43. The molecule has 164 valence electrons. The Hall–Kier alpha value is -4.21. The Kier molecular flexibility index (Phi) is 6.40. The summed E-state index contributed by atoms with van der Waals surface area (Å²) in [6.45, 7) is -0.205. The van der Waals surface area contributed by atoms with Crippen molar-refractivity contribution in [3.63, 3.8) is 0 Å². The van der Waals surface area contributed by atoms with Gasteiger partial charge in [-0.25, -0.2) is 13.6 Å². The van der Waals surface area contributed by atoms with Gasteiger partial charge < -0.3 is 23.2 Å². The molecular weight excluding hydrogens is 426 g/mol. The first-order valence-electron chi connectivity index (χ1n) is 9.39. The van der Waals surface area contributed by atoms with E-state index in [1.807, 2.05) is 0 Å². The Morgan fingerprint density at radius 3 is 2.09 bits per heavy atom. The van der Waals surface area contributed by atoms with Gasteiger partial charge in [0.1, 0.15) is 35.5 Å². The topological polar surface area (TPSA) is 96.8 Å². The van der Waals surface area contributed by atoms with Crippen molar-refractivity contribution in [3.05, 3.63) is 95.5 Å². The molecular formula is C22H16F2N2O6. The smallest absolute Gasteiger partial charge is 0.374 e.